The van der Waals surface area contributed by atoms with Crippen molar-refractivity contribution in [2.24, 2.45) is 0 Å². The van der Waals surface area contributed by atoms with E-state index in [2.05, 4.69) is 15.4 Å². The van der Waals surface area contributed by atoms with Gasteiger partial charge in [-0.2, -0.15) is 0 Å². The van der Waals surface area contributed by atoms with Crippen LogP contribution in [0.4, 0.5) is 4.39 Å². The van der Waals surface area contributed by atoms with Crippen molar-refractivity contribution >= 4 is 11.4 Å². The van der Waals surface area contributed by atoms with Gasteiger partial charge in [0.2, 0.25) is 0 Å². The van der Waals surface area contributed by atoms with Gasteiger partial charge in [0.15, 0.2) is 5.82 Å². The summed E-state index contributed by atoms with van der Waals surface area (Å²) in [5.41, 5.74) is 3.09. The Kier molecular flexibility index (Phi) is 5.39. The van der Waals surface area contributed by atoms with Crippen molar-refractivity contribution in [2.75, 3.05) is 6.61 Å². The van der Waals surface area contributed by atoms with Crippen LogP contribution in [0.1, 0.15) is 33.1 Å². The number of benzene rings is 2. The summed E-state index contributed by atoms with van der Waals surface area (Å²) in [6.07, 6.45) is 1.43. The SMILES string of the molecule is Cc1ccc(-c2nn3cc(C(=O)NC(CO)c4ccccc4F)cc3c(=O)[nH]2)cc1C. The summed E-state index contributed by atoms with van der Waals surface area (Å²) in [7, 11) is 0. The average Bonchev–Trinajstić information content (AvgIpc) is 3.19. The topological polar surface area (TPSA) is 99.5 Å². The van der Waals surface area contributed by atoms with Crippen LogP contribution in [-0.2, 0) is 0 Å². The van der Waals surface area contributed by atoms with Gasteiger partial charge in [0.1, 0.15) is 11.3 Å². The molecule has 2 aromatic heterocycles. The maximum absolute atomic E-state index is 14.0. The zero-order valence-electron chi connectivity index (χ0n) is 17.0. The number of carbonyl (C=O) groups excluding carboxylic acids is 1. The van der Waals surface area contributed by atoms with Crippen LogP contribution in [-0.4, -0.2) is 32.2 Å². The number of aliphatic hydroxyl groups excluding tert-OH is 1. The molecular formula is C23H21FN4O3. The summed E-state index contributed by atoms with van der Waals surface area (Å²) >= 11 is 0. The summed E-state index contributed by atoms with van der Waals surface area (Å²) in [6.45, 7) is 3.49. The number of fused-ring (bicyclic) bond motifs is 1. The Morgan fingerprint density at radius 1 is 1.19 bits per heavy atom. The van der Waals surface area contributed by atoms with Crippen LogP contribution in [0.5, 0.6) is 0 Å². The van der Waals surface area contributed by atoms with Gasteiger partial charge in [-0.25, -0.2) is 8.91 Å². The second-order valence-electron chi connectivity index (χ2n) is 7.39. The Morgan fingerprint density at radius 3 is 2.68 bits per heavy atom. The van der Waals surface area contributed by atoms with E-state index in [1.54, 1.807) is 6.07 Å². The Hall–Kier alpha value is -3.78. The van der Waals surface area contributed by atoms with Crippen LogP contribution >= 0.6 is 0 Å². The molecule has 0 aliphatic rings. The first-order chi connectivity index (χ1) is 14.9. The molecule has 2 heterocycles. The van der Waals surface area contributed by atoms with Crippen molar-refractivity contribution in [3.05, 3.63) is 93.2 Å². The van der Waals surface area contributed by atoms with Gasteiger partial charge in [0, 0.05) is 17.3 Å². The maximum atomic E-state index is 14.0. The van der Waals surface area contributed by atoms with Crippen molar-refractivity contribution in [1.82, 2.24) is 19.9 Å². The molecule has 1 atom stereocenters. The molecule has 0 radical (unpaired) electrons. The average molecular weight is 420 g/mol. The monoisotopic (exact) mass is 420 g/mol. The third kappa shape index (κ3) is 3.97. The van der Waals surface area contributed by atoms with Crippen LogP contribution in [0, 0.1) is 19.7 Å². The lowest BCUT2D eigenvalue weighted by Crippen LogP contribution is -2.31. The number of aliphatic hydroxyl groups is 1. The molecule has 1 amide bonds. The molecule has 2 aromatic carbocycles. The van der Waals surface area contributed by atoms with E-state index in [9.17, 15) is 19.1 Å². The third-order valence-electron chi connectivity index (χ3n) is 5.28. The fraction of sp³-hybridized carbons (Fsp3) is 0.174. The first-order valence-electron chi connectivity index (χ1n) is 9.74. The first-order valence-corrected chi connectivity index (χ1v) is 9.74. The predicted octanol–water partition coefficient (Wildman–Crippen LogP) is 2.91. The summed E-state index contributed by atoms with van der Waals surface area (Å²) in [5.74, 6) is -0.706. The minimum atomic E-state index is -0.922. The van der Waals surface area contributed by atoms with Crippen molar-refractivity contribution in [3.63, 3.8) is 0 Å². The second-order valence-corrected chi connectivity index (χ2v) is 7.39. The molecule has 158 valence electrons. The van der Waals surface area contributed by atoms with E-state index in [-0.39, 0.29) is 16.6 Å². The van der Waals surface area contributed by atoms with E-state index in [4.69, 9.17) is 0 Å². The van der Waals surface area contributed by atoms with Gasteiger partial charge in [-0.1, -0.05) is 30.3 Å². The van der Waals surface area contributed by atoms with Crippen LogP contribution in [0.2, 0.25) is 0 Å². The van der Waals surface area contributed by atoms with Crippen molar-refractivity contribution in [1.29, 1.82) is 0 Å². The van der Waals surface area contributed by atoms with Gasteiger partial charge in [-0.05, 0) is 43.2 Å². The van der Waals surface area contributed by atoms with Crippen molar-refractivity contribution in [2.45, 2.75) is 19.9 Å². The molecule has 0 bridgehead atoms. The summed E-state index contributed by atoms with van der Waals surface area (Å²) in [5, 5.41) is 16.7. The number of halogens is 1. The number of aromatic nitrogens is 3. The number of aromatic amines is 1. The number of rotatable bonds is 5. The molecule has 0 saturated carbocycles. The third-order valence-corrected chi connectivity index (χ3v) is 5.28. The molecule has 0 spiro atoms. The zero-order valence-corrected chi connectivity index (χ0v) is 17.0. The molecule has 7 nitrogen and oxygen atoms in total. The van der Waals surface area contributed by atoms with Gasteiger partial charge in [0.05, 0.1) is 18.2 Å². The number of amides is 1. The van der Waals surface area contributed by atoms with Crippen LogP contribution < -0.4 is 10.9 Å². The van der Waals surface area contributed by atoms with Gasteiger partial charge in [-0.15, -0.1) is 5.10 Å². The standard InChI is InChI=1S/C23H21FN4O3/c1-13-7-8-15(9-14(13)2)21-26-23(31)20-10-16(11-28(20)27-21)22(30)25-19(12-29)17-5-3-4-6-18(17)24/h3-11,19,29H,12H2,1-2H3,(H,25,30)(H,26,27,31). The smallest absolute Gasteiger partial charge is 0.275 e. The van der Waals surface area contributed by atoms with Crippen molar-refractivity contribution < 1.29 is 14.3 Å². The molecule has 1 unspecified atom stereocenters. The lowest BCUT2D eigenvalue weighted by atomic mass is 10.1. The van der Waals surface area contributed by atoms with Gasteiger partial charge in [-0.3, -0.25) is 9.59 Å². The lowest BCUT2D eigenvalue weighted by Gasteiger charge is -2.16. The Labute approximate surface area is 177 Å². The number of hydrogen-bond donors (Lipinski definition) is 3. The van der Waals surface area contributed by atoms with E-state index in [1.807, 2.05) is 32.0 Å². The highest BCUT2D eigenvalue weighted by molar-refractivity contribution is 5.95. The minimum absolute atomic E-state index is 0.171. The quantitative estimate of drug-likeness (QED) is 0.462. The Bertz CT molecular complexity index is 1340. The summed E-state index contributed by atoms with van der Waals surface area (Å²) in [6, 6.07) is 12.1. The number of nitrogens with zero attached hydrogens (tertiary/aromatic N) is 2. The largest absolute Gasteiger partial charge is 0.394 e. The fourth-order valence-corrected chi connectivity index (χ4v) is 3.37. The molecular weight excluding hydrogens is 399 g/mol. The van der Waals surface area contributed by atoms with Crippen LogP contribution in [0.3, 0.4) is 0 Å². The summed E-state index contributed by atoms with van der Waals surface area (Å²) in [4.78, 5) is 28.0. The zero-order chi connectivity index (χ0) is 22.1. The van der Waals surface area contributed by atoms with Crippen LogP contribution in [0.15, 0.2) is 59.5 Å². The summed E-state index contributed by atoms with van der Waals surface area (Å²) < 4.78 is 15.4. The van der Waals surface area contributed by atoms with E-state index < -0.39 is 29.9 Å². The van der Waals surface area contributed by atoms with Crippen LogP contribution in [0.25, 0.3) is 16.9 Å². The van der Waals surface area contributed by atoms with Gasteiger partial charge in [0.25, 0.3) is 11.5 Å². The molecule has 31 heavy (non-hydrogen) atoms. The molecule has 0 fully saturated rings. The Morgan fingerprint density at radius 2 is 1.97 bits per heavy atom. The Balaban J connectivity index is 1.66. The highest BCUT2D eigenvalue weighted by Crippen LogP contribution is 2.19. The van der Waals surface area contributed by atoms with E-state index in [1.165, 1.54) is 35.0 Å². The molecule has 0 aliphatic heterocycles. The highest BCUT2D eigenvalue weighted by atomic mass is 19.1. The lowest BCUT2D eigenvalue weighted by molar-refractivity contribution is 0.0915. The van der Waals surface area contributed by atoms with E-state index in [0.717, 1.165) is 16.7 Å². The molecule has 0 aliphatic carbocycles. The second kappa shape index (κ2) is 8.16. The maximum Gasteiger partial charge on any atom is 0.275 e. The number of aryl methyl sites for hydroxylation is 2. The molecule has 0 saturated heterocycles. The number of hydrogen-bond acceptors (Lipinski definition) is 4. The van der Waals surface area contributed by atoms with Gasteiger partial charge >= 0.3 is 0 Å². The molecule has 8 heteroatoms. The van der Waals surface area contributed by atoms with Gasteiger partial charge < -0.3 is 15.4 Å². The minimum Gasteiger partial charge on any atom is -0.394 e. The first kappa shape index (κ1) is 20.5. The number of carbonyl (C=O) groups is 1. The number of H-pyrrole nitrogens is 1. The van der Waals surface area contributed by atoms with Crippen molar-refractivity contribution in [3.8, 4) is 11.4 Å². The molecule has 3 N–H and O–H groups in total. The molecule has 4 aromatic rings. The number of nitrogens with one attached hydrogen (secondary N) is 2. The highest BCUT2D eigenvalue weighted by Gasteiger charge is 2.20. The van der Waals surface area contributed by atoms with E-state index >= 15 is 0 Å². The van der Waals surface area contributed by atoms with E-state index in [0.29, 0.717) is 5.82 Å². The predicted molar refractivity (Wildman–Crippen MR) is 114 cm³/mol. The fourth-order valence-electron chi connectivity index (χ4n) is 3.37. The molecule has 4 rings (SSSR count). The normalized spacial score (nSPS) is 12.1.